The fourth-order valence-electron chi connectivity index (χ4n) is 1.75. The zero-order valence-electron chi connectivity index (χ0n) is 10.2. The van der Waals surface area contributed by atoms with E-state index in [0.29, 0.717) is 0 Å². The molecule has 18 heavy (non-hydrogen) atoms. The Hall–Kier alpha value is -1.94. The standard InChI is InChI=1S/C14H17N3O/c18-14-4-1-2-10-17(14)11-3-7-16-12-13-5-8-15-9-6-13/h1-2,4-6,8-10,16H,3,7,11-12H2. The number of pyridine rings is 2. The molecule has 2 aromatic rings. The number of hydrogen-bond acceptors (Lipinski definition) is 3. The average molecular weight is 243 g/mol. The summed E-state index contributed by atoms with van der Waals surface area (Å²) in [5.41, 5.74) is 1.29. The van der Waals surface area contributed by atoms with E-state index in [0.717, 1.165) is 26.1 Å². The van der Waals surface area contributed by atoms with Crippen LogP contribution >= 0.6 is 0 Å². The molecule has 0 fully saturated rings. The average Bonchev–Trinajstić information content (AvgIpc) is 2.42. The van der Waals surface area contributed by atoms with Crippen molar-refractivity contribution in [3.05, 3.63) is 64.8 Å². The largest absolute Gasteiger partial charge is 0.315 e. The van der Waals surface area contributed by atoms with Crippen LogP contribution in [0.15, 0.2) is 53.7 Å². The van der Waals surface area contributed by atoms with E-state index in [1.54, 1.807) is 29.1 Å². The van der Waals surface area contributed by atoms with E-state index in [1.807, 2.05) is 24.4 Å². The number of nitrogens with zero attached hydrogens (tertiary/aromatic N) is 2. The van der Waals surface area contributed by atoms with E-state index in [-0.39, 0.29) is 5.56 Å². The van der Waals surface area contributed by atoms with Crippen LogP contribution in [0.3, 0.4) is 0 Å². The van der Waals surface area contributed by atoms with Crippen molar-refractivity contribution in [2.24, 2.45) is 0 Å². The molecule has 0 aliphatic heterocycles. The number of aromatic nitrogens is 2. The SMILES string of the molecule is O=c1ccccn1CCCNCc1ccncc1. The molecule has 0 unspecified atom stereocenters. The zero-order chi connectivity index (χ0) is 12.6. The van der Waals surface area contributed by atoms with Gasteiger partial charge in [0.25, 0.3) is 0 Å². The van der Waals surface area contributed by atoms with Crippen molar-refractivity contribution in [2.75, 3.05) is 6.54 Å². The van der Waals surface area contributed by atoms with Gasteiger partial charge in [-0.05, 0) is 36.7 Å². The van der Waals surface area contributed by atoms with Crippen LogP contribution in [-0.2, 0) is 13.1 Å². The molecular weight excluding hydrogens is 226 g/mol. The van der Waals surface area contributed by atoms with E-state index < -0.39 is 0 Å². The van der Waals surface area contributed by atoms with Crippen LogP contribution < -0.4 is 10.9 Å². The van der Waals surface area contributed by atoms with Crippen molar-refractivity contribution in [2.45, 2.75) is 19.5 Å². The summed E-state index contributed by atoms with van der Waals surface area (Å²) in [5.74, 6) is 0. The van der Waals surface area contributed by atoms with E-state index in [1.165, 1.54) is 5.56 Å². The second kappa shape index (κ2) is 6.71. The Balaban J connectivity index is 1.68. The topological polar surface area (TPSA) is 46.9 Å². The van der Waals surface area contributed by atoms with Gasteiger partial charge in [-0.15, -0.1) is 0 Å². The Kier molecular flexibility index (Phi) is 4.67. The molecule has 0 aromatic carbocycles. The second-order valence-corrected chi connectivity index (χ2v) is 4.12. The minimum absolute atomic E-state index is 0.0617. The maximum atomic E-state index is 11.4. The maximum absolute atomic E-state index is 11.4. The molecule has 2 heterocycles. The Morgan fingerprint density at radius 2 is 2.00 bits per heavy atom. The van der Waals surface area contributed by atoms with Gasteiger partial charge in [-0.25, -0.2) is 0 Å². The highest BCUT2D eigenvalue weighted by atomic mass is 16.1. The lowest BCUT2D eigenvalue weighted by atomic mass is 10.2. The molecule has 94 valence electrons. The third-order valence-corrected chi connectivity index (χ3v) is 2.73. The van der Waals surface area contributed by atoms with Crippen molar-refractivity contribution in [1.82, 2.24) is 14.9 Å². The first kappa shape index (κ1) is 12.5. The molecule has 0 saturated heterocycles. The van der Waals surface area contributed by atoms with E-state index in [4.69, 9.17) is 0 Å². The summed E-state index contributed by atoms with van der Waals surface area (Å²) in [6.45, 7) is 2.49. The van der Waals surface area contributed by atoms with E-state index >= 15 is 0 Å². The minimum atomic E-state index is 0.0617. The van der Waals surface area contributed by atoms with Crippen molar-refractivity contribution < 1.29 is 0 Å². The molecule has 0 bridgehead atoms. The van der Waals surface area contributed by atoms with Gasteiger partial charge >= 0.3 is 0 Å². The van der Waals surface area contributed by atoms with Crippen molar-refractivity contribution in [3.8, 4) is 0 Å². The fourth-order valence-corrected chi connectivity index (χ4v) is 1.75. The van der Waals surface area contributed by atoms with Crippen molar-refractivity contribution in [3.63, 3.8) is 0 Å². The summed E-state index contributed by atoms with van der Waals surface area (Å²) in [5, 5.41) is 3.35. The van der Waals surface area contributed by atoms with Crippen LogP contribution in [0.1, 0.15) is 12.0 Å². The number of rotatable bonds is 6. The minimum Gasteiger partial charge on any atom is -0.315 e. The van der Waals surface area contributed by atoms with Crippen LogP contribution in [0.4, 0.5) is 0 Å². The van der Waals surface area contributed by atoms with Gasteiger partial charge in [0.2, 0.25) is 5.56 Å². The van der Waals surface area contributed by atoms with Gasteiger partial charge in [0.15, 0.2) is 0 Å². The van der Waals surface area contributed by atoms with Gasteiger partial charge in [-0.2, -0.15) is 0 Å². The summed E-state index contributed by atoms with van der Waals surface area (Å²) >= 11 is 0. The predicted molar refractivity (Wildman–Crippen MR) is 71.3 cm³/mol. The first-order valence-corrected chi connectivity index (χ1v) is 6.11. The summed E-state index contributed by atoms with van der Waals surface area (Å²) in [4.78, 5) is 15.4. The van der Waals surface area contributed by atoms with Gasteiger partial charge in [0.05, 0.1) is 0 Å². The lowest BCUT2D eigenvalue weighted by Crippen LogP contribution is -2.21. The Bertz CT molecular complexity index is 522. The van der Waals surface area contributed by atoms with Crippen LogP contribution in [0.25, 0.3) is 0 Å². The monoisotopic (exact) mass is 243 g/mol. The Labute approximate surface area is 106 Å². The fraction of sp³-hybridized carbons (Fsp3) is 0.286. The van der Waals surface area contributed by atoms with Crippen LogP contribution in [0, 0.1) is 0 Å². The number of nitrogens with one attached hydrogen (secondary N) is 1. The molecule has 4 heteroatoms. The van der Waals surface area contributed by atoms with Gasteiger partial charge < -0.3 is 9.88 Å². The van der Waals surface area contributed by atoms with Crippen LogP contribution in [0.2, 0.25) is 0 Å². The van der Waals surface area contributed by atoms with Crippen LogP contribution in [0.5, 0.6) is 0 Å². The third kappa shape index (κ3) is 3.82. The molecule has 4 nitrogen and oxygen atoms in total. The molecule has 0 amide bonds. The number of aryl methyl sites for hydroxylation is 1. The highest BCUT2D eigenvalue weighted by molar-refractivity contribution is 5.08. The van der Waals surface area contributed by atoms with E-state index in [9.17, 15) is 4.79 Å². The highest BCUT2D eigenvalue weighted by Crippen LogP contribution is 1.95. The summed E-state index contributed by atoms with van der Waals surface area (Å²) in [7, 11) is 0. The molecule has 2 aromatic heterocycles. The smallest absolute Gasteiger partial charge is 0.250 e. The first-order chi connectivity index (χ1) is 8.86. The number of hydrogen-bond donors (Lipinski definition) is 1. The molecule has 0 aliphatic carbocycles. The maximum Gasteiger partial charge on any atom is 0.250 e. The summed E-state index contributed by atoms with van der Waals surface area (Å²) < 4.78 is 1.73. The first-order valence-electron chi connectivity index (χ1n) is 6.11. The lowest BCUT2D eigenvalue weighted by Gasteiger charge is -2.06. The lowest BCUT2D eigenvalue weighted by molar-refractivity contribution is 0.570. The molecule has 0 saturated carbocycles. The molecule has 0 spiro atoms. The Morgan fingerprint density at radius 3 is 2.78 bits per heavy atom. The van der Waals surface area contributed by atoms with Gasteiger partial charge in [0.1, 0.15) is 0 Å². The molecule has 0 atom stereocenters. The van der Waals surface area contributed by atoms with Crippen molar-refractivity contribution >= 4 is 0 Å². The molecular formula is C14H17N3O. The van der Waals surface area contributed by atoms with Gasteiger partial charge in [-0.1, -0.05) is 6.07 Å². The van der Waals surface area contributed by atoms with Crippen LogP contribution in [-0.4, -0.2) is 16.1 Å². The van der Waals surface area contributed by atoms with Crippen molar-refractivity contribution in [1.29, 1.82) is 0 Å². The summed E-state index contributed by atoms with van der Waals surface area (Å²) in [6, 6.07) is 9.22. The normalized spacial score (nSPS) is 10.4. The molecule has 0 aliphatic rings. The molecule has 1 N–H and O–H groups in total. The Morgan fingerprint density at radius 1 is 1.17 bits per heavy atom. The zero-order valence-corrected chi connectivity index (χ0v) is 10.2. The molecule has 0 radical (unpaired) electrons. The predicted octanol–water partition coefficient (Wildman–Crippen LogP) is 1.42. The van der Waals surface area contributed by atoms with E-state index in [2.05, 4.69) is 10.3 Å². The van der Waals surface area contributed by atoms with Gasteiger partial charge in [-0.3, -0.25) is 9.78 Å². The highest BCUT2D eigenvalue weighted by Gasteiger charge is 1.94. The second-order valence-electron chi connectivity index (χ2n) is 4.12. The summed E-state index contributed by atoms with van der Waals surface area (Å²) in [6.07, 6.45) is 6.35. The third-order valence-electron chi connectivity index (χ3n) is 2.73. The molecule has 2 rings (SSSR count). The quantitative estimate of drug-likeness (QED) is 0.781. The van der Waals surface area contributed by atoms with Gasteiger partial charge in [0, 0.05) is 37.7 Å².